The Morgan fingerprint density at radius 2 is 1.71 bits per heavy atom. The lowest BCUT2D eigenvalue weighted by atomic mass is 10.0. The van der Waals surface area contributed by atoms with Gasteiger partial charge in [-0.1, -0.05) is 68.4 Å². The number of hydrogen-bond acceptors (Lipinski definition) is 4. The first-order valence-electron chi connectivity index (χ1n) is 10.3. The molecule has 0 atom stereocenters. The zero-order valence-electron chi connectivity index (χ0n) is 18.2. The minimum atomic E-state index is -0.326. The third-order valence-corrected chi connectivity index (χ3v) is 4.79. The molecule has 0 radical (unpaired) electrons. The van der Waals surface area contributed by atoms with Crippen LogP contribution in [0.25, 0.3) is 0 Å². The number of rotatable bonds is 9. The number of hydrazone groups is 1. The van der Waals surface area contributed by atoms with Gasteiger partial charge in [-0.05, 0) is 47.7 Å². The summed E-state index contributed by atoms with van der Waals surface area (Å²) in [6.45, 7) is 6.56. The molecule has 0 saturated carbocycles. The molecular formula is C26H28N2O3. The van der Waals surface area contributed by atoms with Crippen LogP contribution in [0.3, 0.4) is 0 Å². The minimum Gasteiger partial charge on any atom is -0.488 e. The molecule has 0 aliphatic rings. The van der Waals surface area contributed by atoms with Crippen LogP contribution in [0.1, 0.15) is 42.0 Å². The molecule has 3 rings (SSSR count). The topological polar surface area (TPSA) is 59.9 Å². The molecule has 1 amide bonds. The van der Waals surface area contributed by atoms with Gasteiger partial charge in [-0.2, -0.15) is 5.10 Å². The fraction of sp³-hybridized carbons (Fsp3) is 0.231. The molecule has 5 heteroatoms. The van der Waals surface area contributed by atoms with E-state index in [-0.39, 0.29) is 12.5 Å². The fourth-order valence-electron chi connectivity index (χ4n) is 2.93. The van der Waals surface area contributed by atoms with Crippen LogP contribution in [0.4, 0.5) is 0 Å². The molecule has 0 spiro atoms. The van der Waals surface area contributed by atoms with Gasteiger partial charge in [0.05, 0.1) is 6.21 Å². The first-order chi connectivity index (χ1) is 15.0. The average Bonchev–Trinajstić information content (AvgIpc) is 2.78. The number of para-hydroxylation sites is 1. The summed E-state index contributed by atoms with van der Waals surface area (Å²) in [4.78, 5) is 12.2. The fourth-order valence-corrected chi connectivity index (χ4v) is 2.93. The Bertz CT molecular complexity index is 1030. The Labute approximate surface area is 183 Å². The number of nitrogens with zero attached hydrogens (tertiary/aromatic N) is 1. The van der Waals surface area contributed by atoms with E-state index in [4.69, 9.17) is 9.47 Å². The third-order valence-electron chi connectivity index (χ3n) is 4.79. The van der Waals surface area contributed by atoms with Crippen molar-refractivity contribution in [1.29, 1.82) is 0 Å². The molecule has 160 valence electrons. The van der Waals surface area contributed by atoms with Crippen molar-refractivity contribution in [1.82, 2.24) is 5.43 Å². The number of hydrogen-bond donors (Lipinski definition) is 1. The quantitative estimate of drug-likeness (QED) is 0.384. The van der Waals surface area contributed by atoms with Gasteiger partial charge in [0.1, 0.15) is 18.1 Å². The molecule has 0 fully saturated rings. The van der Waals surface area contributed by atoms with E-state index in [1.165, 1.54) is 5.56 Å². The Balaban J connectivity index is 1.54. The smallest absolute Gasteiger partial charge is 0.277 e. The summed E-state index contributed by atoms with van der Waals surface area (Å²) in [5.41, 5.74) is 6.53. The maximum absolute atomic E-state index is 12.2. The van der Waals surface area contributed by atoms with E-state index in [2.05, 4.69) is 30.4 Å². The molecule has 0 aliphatic heterocycles. The number of benzene rings is 3. The van der Waals surface area contributed by atoms with E-state index in [1.54, 1.807) is 6.21 Å². The van der Waals surface area contributed by atoms with Gasteiger partial charge in [-0.25, -0.2) is 5.43 Å². The molecule has 31 heavy (non-hydrogen) atoms. The van der Waals surface area contributed by atoms with Crippen molar-refractivity contribution in [3.63, 3.8) is 0 Å². The number of amides is 1. The summed E-state index contributed by atoms with van der Waals surface area (Å²) >= 11 is 0. The summed E-state index contributed by atoms with van der Waals surface area (Å²) in [6, 6.07) is 23.6. The van der Waals surface area contributed by atoms with Gasteiger partial charge in [-0.3, -0.25) is 4.79 Å². The van der Waals surface area contributed by atoms with Crippen molar-refractivity contribution in [2.75, 3.05) is 6.61 Å². The van der Waals surface area contributed by atoms with Gasteiger partial charge in [0.25, 0.3) is 5.91 Å². The van der Waals surface area contributed by atoms with E-state index < -0.39 is 0 Å². The molecule has 0 heterocycles. The van der Waals surface area contributed by atoms with Crippen LogP contribution in [0, 0.1) is 6.92 Å². The zero-order valence-corrected chi connectivity index (χ0v) is 18.2. The van der Waals surface area contributed by atoms with Crippen molar-refractivity contribution in [3.8, 4) is 11.5 Å². The maximum atomic E-state index is 12.2. The summed E-state index contributed by atoms with van der Waals surface area (Å²) in [5.74, 6) is 1.48. The summed E-state index contributed by atoms with van der Waals surface area (Å²) < 4.78 is 11.6. The van der Waals surface area contributed by atoms with E-state index in [1.807, 2.05) is 73.7 Å². The molecule has 0 aromatic heterocycles. The third kappa shape index (κ3) is 6.71. The summed E-state index contributed by atoms with van der Waals surface area (Å²) in [6.07, 6.45) is 1.57. The number of carbonyl (C=O) groups is 1. The second kappa shape index (κ2) is 11.0. The molecule has 3 aromatic rings. The van der Waals surface area contributed by atoms with Crippen molar-refractivity contribution >= 4 is 12.1 Å². The lowest BCUT2D eigenvalue weighted by Crippen LogP contribution is -2.24. The molecule has 0 saturated heterocycles. The Morgan fingerprint density at radius 3 is 2.48 bits per heavy atom. The molecular weight excluding hydrogens is 388 g/mol. The largest absolute Gasteiger partial charge is 0.488 e. The first-order valence-corrected chi connectivity index (χ1v) is 10.3. The predicted octanol–water partition coefficient (Wildman–Crippen LogP) is 5.23. The van der Waals surface area contributed by atoms with Gasteiger partial charge in [0.2, 0.25) is 0 Å². The lowest BCUT2D eigenvalue weighted by molar-refractivity contribution is -0.123. The molecule has 1 N–H and O–H groups in total. The van der Waals surface area contributed by atoms with Crippen LogP contribution in [-0.4, -0.2) is 18.7 Å². The van der Waals surface area contributed by atoms with Crippen LogP contribution >= 0.6 is 0 Å². The lowest BCUT2D eigenvalue weighted by Gasteiger charge is -2.12. The SMILES string of the molecule is Cc1ccc(C(C)C)cc1OCC(=O)N/N=C/c1ccccc1OCc1ccccc1. The molecule has 0 unspecified atom stereocenters. The zero-order chi connectivity index (χ0) is 22.1. The highest BCUT2D eigenvalue weighted by Crippen LogP contribution is 2.24. The normalized spacial score (nSPS) is 11.0. The van der Waals surface area contributed by atoms with Gasteiger partial charge in [0.15, 0.2) is 6.61 Å². The van der Waals surface area contributed by atoms with Crippen LogP contribution < -0.4 is 14.9 Å². The van der Waals surface area contributed by atoms with Crippen LogP contribution in [0.5, 0.6) is 11.5 Å². The maximum Gasteiger partial charge on any atom is 0.277 e. The number of aryl methyl sites for hydroxylation is 1. The average molecular weight is 417 g/mol. The number of carbonyl (C=O) groups excluding carboxylic acids is 1. The highest BCUT2D eigenvalue weighted by atomic mass is 16.5. The van der Waals surface area contributed by atoms with E-state index in [0.29, 0.717) is 24.0 Å². The first kappa shape index (κ1) is 22.1. The predicted molar refractivity (Wildman–Crippen MR) is 124 cm³/mol. The van der Waals surface area contributed by atoms with Gasteiger partial charge >= 0.3 is 0 Å². The van der Waals surface area contributed by atoms with E-state index in [0.717, 1.165) is 16.7 Å². The Hall–Kier alpha value is -3.60. The highest BCUT2D eigenvalue weighted by Gasteiger charge is 2.07. The van der Waals surface area contributed by atoms with Gasteiger partial charge < -0.3 is 9.47 Å². The van der Waals surface area contributed by atoms with Crippen LogP contribution in [0.15, 0.2) is 77.9 Å². The minimum absolute atomic E-state index is 0.105. The summed E-state index contributed by atoms with van der Waals surface area (Å²) in [7, 11) is 0. The number of nitrogens with one attached hydrogen (secondary N) is 1. The van der Waals surface area contributed by atoms with Gasteiger partial charge in [-0.15, -0.1) is 0 Å². The second-order valence-corrected chi connectivity index (χ2v) is 7.57. The van der Waals surface area contributed by atoms with Crippen molar-refractivity contribution in [3.05, 3.63) is 95.1 Å². The monoisotopic (exact) mass is 416 g/mol. The van der Waals surface area contributed by atoms with Crippen molar-refractivity contribution in [2.24, 2.45) is 5.10 Å². The highest BCUT2D eigenvalue weighted by molar-refractivity contribution is 5.85. The molecule has 0 bridgehead atoms. The van der Waals surface area contributed by atoms with Gasteiger partial charge in [0, 0.05) is 5.56 Å². The summed E-state index contributed by atoms with van der Waals surface area (Å²) in [5, 5.41) is 4.05. The van der Waals surface area contributed by atoms with Crippen LogP contribution in [-0.2, 0) is 11.4 Å². The standard InChI is InChI=1S/C26H28N2O3/c1-19(2)22-14-13-20(3)25(15-22)31-18-26(29)28-27-16-23-11-7-8-12-24(23)30-17-21-9-5-4-6-10-21/h4-16,19H,17-18H2,1-3H3,(H,28,29)/b27-16+. The molecule has 5 nitrogen and oxygen atoms in total. The number of ether oxygens (including phenoxy) is 2. The van der Waals surface area contributed by atoms with Crippen LogP contribution in [0.2, 0.25) is 0 Å². The van der Waals surface area contributed by atoms with E-state index >= 15 is 0 Å². The molecule has 0 aliphatic carbocycles. The molecule has 3 aromatic carbocycles. The Morgan fingerprint density at radius 1 is 0.968 bits per heavy atom. The van der Waals surface area contributed by atoms with E-state index in [9.17, 15) is 4.79 Å². The van der Waals surface area contributed by atoms with Crippen molar-refractivity contribution in [2.45, 2.75) is 33.3 Å². The Kier molecular flexibility index (Phi) is 7.82. The second-order valence-electron chi connectivity index (χ2n) is 7.57. The van der Waals surface area contributed by atoms with Crippen molar-refractivity contribution < 1.29 is 14.3 Å².